The van der Waals surface area contributed by atoms with Crippen molar-refractivity contribution in [3.05, 3.63) is 29.5 Å². The molecule has 0 unspecified atom stereocenters. The summed E-state index contributed by atoms with van der Waals surface area (Å²) in [7, 11) is 0. The molecule has 24 heavy (non-hydrogen) atoms. The summed E-state index contributed by atoms with van der Waals surface area (Å²) in [5.41, 5.74) is 0.352. The van der Waals surface area contributed by atoms with Crippen molar-refractivity contribution in [2.75, 3.05) is 26.2 Å². The van der Waals surface area contributed by atoms with Gasteiger partial charge in [0.15, 0.2) is 10.8 Å². The predicted molar refractivity (Wildman–Crippen MR) is 93.0 cm³/mol. The Morgan fingerprint density at radius 1 is 1.54 bits per heavy atom. The third-order valence-electron chi connectivity index (χ3n) is 4.31. The van der Waals surface area contributed by atoms with Crippen LogP contribution in [0.15, 0.2) is 28.2 Å². The van der Waals surface area contributed by atoms with Crippen molar-refractivity contribution in [3.8, 4) is 10.8 Å². The van der Waals surface area contributed by atoms with E-state index in [9.17, 15) is 9.90 Å². The molecule has 0 radical (unpaired) electrons. The molecule has 2 N–H and O–H groups in total. The minimum Gasteiger partial charge on any atom is -0.462 e. The number of likely N-dealkylation sites (tertiary alicyclic amines) is 1. The van der Waals surface area contributed by atoms with Gasteiger partial charge in [0.05, 0.1) is 12.4 Å². The number of thiazole rings is 1. The van der Waals surface area contributed by atoms with Crippen LogP contribution in [0.25, 0.3) is 10.8 Å². The normalized spacial score (nSPS) is 17.8. The van der Waals surface area contributed by atoms with Crippen molar-refractivity contribution in [2.45, 2.75) is 25.9 Å². The van der Waals surface area contributed by atoms with E-state index >= 15 is 0 Å². The molecule has 1 fully saturated rings. The molecule has 6 nitrogen and oxygen atoms in total. The van der Waals surface area contributed by atoms with E-state index in [2.05, 4.69) is 22.1 Å². The first kappa shape index (κ1) is 17.1. The van der Waals surface area contributed by atoms with Gasteiger partial charge in [-0.1, -0.05) is 6.92 Å². The Kier molecular flexibility index (Phi) is 5.65. The zero-order valence-corrected chi connectivity index (χ0v) is 14.6. The third kappa shape index (κ3) is 4.43. The molecule has 3 rings (SSSR count). The highest BCUT2D eigenvalue weighted by atomic mass is 32.1. The summed E-state index contributed by atoms with van der Waals surface area (Å²) < 4.78 is 5.27. The Morgan fingerprint density at radius 3 is 3.04 bits per heavy atom. The van der Waals surface area contributed by atoms with E-state index in [0.717, 1.165) is 19.0 Å². The summed E-state index contributed by atoms with van der Waals surface area (Å²) in [6.45, 7) is 5.13. The first-order valence-electron chi connectivity index (χ1n) is 8.30. The second-order valence-corrected chi connectivity index (χ2v) is 7.22. The number of hydrogen-bond donors (Lipinski definition) is 2. The van der Waals surface area contributed by atoms with Crippen molar-refractivity contribution >= 4 is 17.2 Å². The number of nitrogens with zero attached hydrogens (tertiary/aromatic N) is 2. The lowest BCUT2D eigenvalue weighted by atomic mass is 9.99. The minimum absolute atomic E-state index is 0.235. The van der Waals surface area contributed by atoms with E-state index in [0.29, 0.717) is 23.0 Å². The second kappa shape index (κ2) is 7.92. The fourth-order valence-electron chi connectivity index (χ4n) is 2.80. The smallest absolute Gasteiger partial charge is 0.270 e. The van der Waals surface area contributed by atoms with Crippen molar-refractivity contribution in [1.29, 1.82) is 0 Å². The van der Waals surface area contributed by atoms with Gasteiger partial charge in [0.1, 0.15) is 5.69 Å². The maximum absolute atomic E-state index is 12.1. The number of furan rings is 1. The Balaban J connectivity index is 1.45. The van der Waals surface area contributed by atoms with Crippen molar-refractivity contribution in [1.82, 2.24) is 15.2 Å². The quantitative estimate of drug-likeness (QED) is 0.836. The largest absolute Gasteiger partial charge is 0.462 e. The van der Waals surface area contributed by atoms with Gasteiger partial charge < -0.3 is 19.7 Å². The zero-order valence-electron chi connectivity index (χ0n) is 13.8. The lowest BCUT2D eigenvalue weighted by Crippen LogP contribution is -2.43. The molecular formula is C17H23N3O3S. The van der Waals surface area contributed by atoms with Crippen LogP contribution in [-0.4, -0.2) is 53.2 Å². The van der Waals surface area contributed by atoms with Crippen LogP contribution in [0, 0.1) is 5.92 Å². The van der Waals surface area contributed by atoms with Crippen LogP contribution in [0.5, 0.6) is 0 Å². The molecule has 130 valence electrons. The number of rotatable bonds is 6. The number of β-amino-alcohol motifs (C(OH)–C–C–N with tert-alkyl or cyclic N) is 1. The van der Waals surface area contributed by atoms with Crippen LogP contribution in [0.1, 0.15) is 30.3 Å². The summed E-state index contributed by atoms with van der Waals surface area (Å²) in [4.78, 5) is 18.7. The SMILES string of the molecule is CC1CCN(C[C@@H](O)CNC(=O)c2csc(-c3ccco3)n2)CC1. The molecule has 1 atom stereocenters. The number of nitrogens with one attached hydrogen (secondary N) is 1. The van der Waals surface area contributed by atoms with Crippen molar-refractivity contribution in [3.63, 3.8) is 0 Å². The van der Waals surface area contributed by atoms with Crippen molar-refractivity contribution in [2.24, 2.45) is 5.92 Å². The molecule has 3 heterocycles. The maximum atomic E-state index is 12.1. The summed E-state index contributed by atoms with van der Waals surface area (Å²) in [6, 6.07) is 3.60. The first-order chi connectivity index (χ1) is 11.6. The third-order valence-corrected chi connectivity index (χ3v) is 5.17. The summed E-state index contributed by atoms with van der Waals surface area (Å²) in [5, 5.41) is 15.3. The van der Waals surface area contributed by atoms with E-state index in [1.165, 1.54) is 24.2 Å². The average molecular weight is 349 g/mol. The lowest BCUT2D eigenvalue weighted by molar-refractivity contribution is 0.0793. The molecule has 0 bridgehead atoms. The molecule has 1 amide bonds. The standard InChI is InChI=1S/C17H23N3O3S/c1-12-4-6-20(7-5-12)10-13(21)9-18-16(22)14-11-24-17(19-14)15-3-2-8-23-15/h2-3,8,11-13,21H,4-7,9-10H2,1H3,(H,18,22)/t13-/m0/s1. The molecular weight excluding hydrogens is 326 g/mol. The van der Waals surface area contributed by atoms with Gasteiger partial charge in [0.2, 0.25) is 0 Å². The van der Waals surface area contributed by atoms with E-state index in [1.54, 1.807) is 17.7 Å². The van der Waals surface area contributed by atoms with E-state index < -0.39 is 6.10 Å². The summed E-state index contributed by atoms with van der Waals surface area (Å²) >= 11 is 1.36. The fraction of sp³-hybridized carbons (Fsp3) is 0.529. The molecule has 1 aliphatic rings. The number of carbonyl (C=O) groups excluding carboxylic acids is 1. The Hall–Kier alpha value is -1.70. The number of aliphatic hydroxyl groups is 1. The Labute approximate surface area is 145 Å². The monoisotopic (exact) mass is 349 g/mol. The van der Waals surface area contributed by atoms with Crippen LogP contribution < -0.4 is 5.32 Å². The molecule has 2 aromatic heterocycles. The topological polar surface area (TPSA) is 78.6 Å². The fourth-order valence-corrected chi connectivity index (χ4v) is 3.57. The molecule has 7 heteroatoms. The van der Waals surface area contributed by atoms with E-state index in [1.807, 2.05) is 6.07 Å². The predicted octanol–water partition coefficient (Wildman–Crippen LogP) is 2.23. The minimum atomic E-state index is -0.564. The van der Waals surface area contributed by atoms with E-state index in [-0.39, 0.29) is 12.5 Å². The average Bonchev–Trinajstić information content (AvgIpc) is 3.25. The van der Waals surface area contributed by atoms with Crippen LogP contribution in [0.3, 0.4) is 0 Å². The van der Waals surface area contributed by atoms with Crippen LogP contribution >= 0.6 is 11.3 Å². The number of carbonyl (C=O) groups is 1. The number of amides is 1. The second-order valence-electron chi connectivity index (χ2n) is 6.36. The molecule has 0 aliphatic carbocycles. The van der Waals surface area contributed by atoms with Gasteiger partial charge in [0, 0.05) is 18.5 Å². The molecule has 0 saturated carbocycles. The summed E-state index contributed by atoms with van der Waals surface area (Å²) in [5.74, 6) is 1.15. The zero-order chi connectivity index (χ0) is 16.9. The Bertz CT molecular complexity index is 648. The van der Waals surface area contributed by atoms with Gasteiger partial charge in [-0.3, -0.25) is 4.79 Å². The van der Waals surface area contributed by atoms with Gasteiger partial charge in [-0.15, -0.1) is 11.3 Å². The van der Waals surface area contributed by atoms with Crippen LogP contribution in [-0.2, 0) is 0 Å². The first-order valence-corrected chi connectivity index (χ1v) is 9.18. The Morgan fingerprint density at radius 2 is 2.33 bits per heavy atom. The van der Waals surface area contributed by atoms with Gasteiger partial charge >= 0.3 is 0 Å². The number of aliphatic hydroxyl groups excluding tert-OH is 1. The number of piperidine rings is 1. The van der Waals surface area contributed by atoms with Gasteiger partial charge in [-0.25, -0.2) is 4.98 Å². The van der Waals surface area contributed by atoms with Crippen LogP contribution in [0.2, 0.25) is 0 Å². The molecule has 1 saturated heterocycles. The number of aromatic nitrogens is 1. The van der Waals surface area contributed by atoms with Gasteiger partial charge in [-0.2, -0.15) is 0 Å². The van der Waals surface area contributed by atoms with Gasteiger partial charge in [-0.05, 0) is 44.0 Å². The molecule has 1 aliphatic heterocycles. The van der Waals surface area contributed by atoms with Gasteiger partial charge in [0.25, 0.3) is 5.91 Å². The molecule has 0 spiro atoms. The maximum Gasteiger partial charge on any atom is 0.270 e. The highest BCUT2D eigenvalue weighted by molar-refractivity contribution is 7.13. The number of hydrogen-bond acceptors (Lipinski definition) is 6. The molecule has 0 aromatic carbocycles. The van der Waals surface area contributed by atoms with Crippen molar-refractivity contribution < 1.29 is 14.3 Å². The summed E-state index contributed by atoms with van der Waals surface area (Å²) in [6.07, 6.45) is 3.36. The highest BCUT2D eigenvalue weighted by Gasteiger charge is 2.19. The highest BCUT2D eigenvalue weighted by Crippen LogP contribution is 2.23. The lowest BCUT2D eigenvalue weighted by Gasteiger charge is -2.31. The van der Waals surface area contributed by atoms with Crippen LogP contribution in [0.4, 0.5) is 0 Å². The van der Waals surface area contributed by atoms with E-state index in [4.69, 9.17) is 4.42 Å². The molecule has 2 aromatic rings.